The molecular formula is C15H22ClCuF11S2. The molecule has 0 aliphatic carbocycles. The average Bonchev–Trinajstić information content (AvgIpc) is 2.46. The summed E-state index contributed by atoms with van der Waals surface area (Å²) in [6.45, 7) is 0. The van der Waals surface area contributed by atoms with Crippen LogP contribution in [0.3, 0.4) is 0 Å². The molecule has 189 valence electrons. The second kappa shape index (κ2) is 9.76. The van der Waals surface area contributed by atoms with Crippen molar-refractivity contribution in [1.82, 2.24) is 0 Å². The van der Waals surface area contributed by atoms with Gasteiger partial charge in [0.1, 0.15) is 4.90 Å². The van der Waals surface area contributed by atoms with Crippen LogP contribution in [0.4, 0.5) is 42.1 Å². The van der Waals surface area contributed by atoms with E-state index in [9.17, 15) is 42.1 Å². The van der Waals surface area contributed by atoms with E-state index in [2.05, 4.69) is 10.7 Å². The Kier molecular flexibility index (Phi) is 11.9. The first kappa shape index (κ1) is 36.5. The van der Waals surface area contributed by atoms with Crippen molar-refractivity contribution in [3.8, 4) is 0 Å². The van der Waals surface area contributed by atoms with Crippen LogP contribution in [0.15, 0.2) is 70.5 Å². The normalized spacial score (nSPS) is 15.2. The molecule has 0 aromatic heterocycles. The van der Waals surface area contributed by atoms with Crippen molar-refractivity contribution >= 4 is 30.0 Å². The zero-order valence-corrected chi connectivity index (χ0v) is 15.8. The summed E-state index contributed by atoms with van der Waals surface area (Å²) >= 11 is -1.19. The van der Waals surface area contributed by atoms with Gasteiger partial charge in [0.15, 0.2) is 0 Å². The molecule has 0 saturated carbocycles. The summed E-state index contributed by atoms with van der Waals surface area (Å²) in [5, 5.41) is 0. The van der Waals surface area contributed by atoms with E-state index in [1.807, 2.05) is 0 Å². The molecular weight excluding hydrogens is 552 g/mol. The second-order valence-electron chi connectivity index (χ2n) is 4.61. The minimum absolute atomic E-state index is 0. The van der Waals surface area contributed by atoms with Crippen LogP contribution in [0.5, 0.6) is 0 Å². The molecule has 0 amide bonds. The summed E-state index contributed by atoms with van der Waals surface area (Å²) in [7, 11) is -13.9. The van der Waals surface area contributed by atoms with E-state index in [1.165, 1.54) is 12.1 Å². The van der Waals surface area contributed by atoms with Crippen molar-refractivity contribution in [1.29, 1.82) is 0 Å². The summed E-state index contributed by atoms with van der Waals surface area (Å²) in [4.78, 5) is -3.27. The molecule has 30 heavy (non-hydrogen) atoms. The molecule has 2 aromatic carbocycles. The van der Waals surface area contributed by atoms with Gasteiger partial charge in [0, 0.05) is 10.7 Å². The van der Waals surface area contributed by atoms with E-state index >= 15 is 0 Å². The third-order valence-electron chi connectivity index (χ3n) is 2.38. The Balaban J connectivity index is -0.000000183. The van der Waals surface area contributed by atoms with Crippen LogP contribution in [0.25, 0.3) is 0 Å². The molecule has 2 aromatic rings. The fourth-order valence-corrected chi connectivity index (χ4v) is 3.01. The molecule has 0 aliphatic heterocycles. The van der Waals surface area contributed by atoms with E-state index in [4.69, 9.17) is 0 Å². The van der Waals surface area contributed by atoms with Crippen molar-refractivity contribution in [3.63, 3.8) is 0 Å². The summed E-state index contributed by atoms with van der Waals surface area (Å²) in [5.74, 6) is 0. The first-order chi connectivity index (χ1) is 11.6. The Hall–Kier alpha value is -0.821. The monoisotopic (exact) mass is 573 g/mol. The maximum atomic E-state index is 12.4. The van der Waals surface area contributed by atoms with Crippen LogP contribution < -0.4 is 0 Å². The molecule has 0 heterocycles. The standard InChI is InChI=1S/C6H5ClF4S.C6H5F5S.3CH4.Cu.2FH/c2*7-12(8,9,10,11)6-4-2-1-3-5-6;;;;;;/h2*1-5H;3*1H4;;2*1H/q;;;;;+2;;/p-2. The van der Waals surface area contributed by atoms with Gasteiger partial charge in [0.05, 0.1) is 4.90 Å². The molecule has 15 heteroatoms. The molecule has 0 saturated heterocycles. The minimum atomic E-state index is -9.43. The summed E-state index contributed by atoms with van der Waals surface area (Å²) in [5.41, 5.74) is 0. The van der Waals surface area contributed by atoms with Crippen LogP contribution in [-0.2, 0) is 15.9 Å². The number of hydrogen-bond acceptors (Lipinski definition) is 0. The van der Waals surface area contributed by atoms with Crippen molar-refractivity contribution in [2.45, 2.75) is 32.1 Å². The summed E-state index contributed by atoms with van der Waals surface area (Å²) < 4.78 is 128. The van der Waals surface area contributed by atoms with Gasteiger partial charge < -0.3 is 0 Å². The Morgan fingerprint density at radius 1 is 0.533 bits per heavy atom. The second-order valence-corrected chi connectivity index (χ2v) is 11.4. The van der Waals surface area contributed by atoms with Crippen molar-refractivity contribution in [2.24, 2.45) is 0 Å². The predicted molar refractivity (Wildman–Crippen MR) is 103 cm³/mol. The molecule has 0 bridgehead atoms. The van der Waals surface area contributed by atoms with Crippen molar-refractivity contribution in [2.75, 3.05) is 0 Å². The zero-order chi connectivity index (χ0) is 21.7. The molecule has 0 N–H and O–H groups in total. The van der Waals surface area contributed by atoms with Gasteiger partial charge in [-0.3, -0.25) is 0 Å². The Morgan fingerprint density at radius 2 is 0.767 bits per heavy atom. The fraction of sp³-hybridized carbons (Fsp3) is 0.200. The van der Waals surface area contributed by atoms with Gasteiger partial charge in [0.2, 0.25) is 0 Å². The van der Waals surface area contributed by atoms with Gasteiger partial charge in [-0.15, -0.1) is 15.5 Å². The molecule has 0 fully saturated rings. The first-order valence-corrected chi connectivity index (χ1v) is 11.5. The van der Waals surface area contributed by atoms with E-state index in [0.717, 1.165) is 24.3 Å². The van der Waals surface area contributed by atoms with Crippen LogP contribution in [0.1, 0.15) is 22.3 Å². The number of benzene rings is 2. The van der Waals surface area contributed by atoms with E-state index in [-0.39, 0.29) is 22.3 Å². The van der Waals surface area contributed by atoms with Crippen LogP contribution in [0.2, 0.25) is 0 Å². The van der Waals surface area contributed by atoms with E-state index < -0.39 is 44.9 Å². The maximum absolute atomic E-state index is 12.4. The van der Waals surface area contributed by atoms with Gasteiger partial charge in [-0.2, -0.15) is 0 Å². The molecule has 0 aliphatic rings. The fourth-order valence-electron chi connectivity index (χ4n) is 1.36. The van der Waals surface area contributed by atoms with Gasteiger partial charge >= 0.3 is 33.2 Å². The third kappa shape index (κ3) is 15.1. The molecule has 2 rings (SSSR count). The van der Waals surface area contributed by atoms with Crippen LogP contribution >= 0.6 is 30.0 Å². The molecule has 0 atom stereocenters. The molecule has 0 unspecified atom stereocenters. The zero-order valence-electron chi connectivity index (χ0n) is 12.4. The van der Waals surface area contributed by atoms with Crippen LogP contribution in [0, 0.1) is 0 Å². The first-order valence-electron chi connectivity index (χ1n) is 6.00. The average molecular weight is 574 g/mol. The quantitative estimate of drug-likeness (QED) is 0.247. The Labute approximate surface area is 180 Å². The number of rotatable bonds is 2. The predicted octanol–water partition coefficient (Wildman–Crippen LogP) is 11.7. The molecule has 0 nitrogen and oxygen atoms in total. The van der Waals surface area contributed by atoms with Gasteiger partial charge in [-0.05, 0) is 24.3 Å². The summed E-state index contributed by atoms with van der Waals surface area (Å²) in [6, 6.07) is 8.54. The number of halogens is 12. The van der Waals surface area contributed by atoms with Crippen LogP contribution in [-0.4, -0.2) is 0 Å². The Bertz CT molecular complexity index is 670. The van der Waals surface area contributed by atoms with Crippen molar-refractivity contribution < 1.29 is 57.9 Å². The van der Waals surface area contributed by atoms with Crippen molar-refractivity contribution in [3.05, 3.63) is 60.7 Å². The third-order valence-corrected chi connectivity index (χ3v) is 5.24. The van der Waals surface area contributed by atoms with Gasteiger partial charge in [-0.1, -0.05) is 78.1 Å². The SMILES string of the molecule is C.C.C.FS(F)(F)(F)(Cl)c1ccccc1.FS(F)(F)(F)(F)c1ccccc1.[F][Cu][F]. The van der Waals surface area contributed by atoms with E-state index in [1.54, 1.807) is 0 Å². The van der Waals surface area contributed by atoms with Gasteiger partial charge in [0.25, 0.3) is 9.05 Å². The van der Waals surface area contributed by atoms with E-state index in [0.29, 0.717) is 24.3 Å². The Morgan fingerprint density at radius 3 is 0.900 bits per heavy atom. The van der Waals surface area contributed by atoms with Gasteiger partial charge in [-0.25, -0.2) is 0 Å². The topological polar surface area (TPSA) is 0 Å². The molecule has 0 spiro atoms. The molecule has 0 radical (unpaired) electrons. The summed E-state index contributed by atoms with van der Waals surface area (Å²) in [6.07, 6.45) is 0. The number of hydrogen-bond donors (Lipinski definition) is 0.